The van der Waals surface area contributed by atoms with Crippen molar-refractivity contribution in [3.8, 4) is 0 Å². The number of sulfonamides is 1. The summed E-state index contributed by atoms with van der Waals surface area (Å²) >= 11 is 0. The number of benzene rings is 1. The Bertz CT molecular complexity index is 1070. The summed E-state index contributed by atoms with van der Waals surface area (Å²) in [5.41, 5.74) is 1.53. The molecule has 0 unspecified atom stereocenters. The number of fused-ring (bicyclic) bond motifs is 1. The predicted octanol–water partition coefficient (Wildman–Crippen LogP) is 3.11. The second-order valence-corrected chi connectivity index (χ2v) is 8.25. The number of hydrogen-bond donors (Lipinski definition) is 2. The summed E-state index contributed by atoms with van der Waals surface area (Å²) in [6, 6.07) is 8.69. The van der Waals surface area contributed by atoms with Crippen molar-refractivity contribution < 1.29 is 17.6 Å². The Balaban J connectivity index is 1.62. The molecule has 3 heterocycles. The van der Waals surface area contributed by atoms with Crippen molar-refractivity contribution in [2.45, 2.75) is 24.7 Å². The van der Waals surface area contributed by atoms with E-state index in [0.717, 1.165) is 23.7 Å². The van der Waals surface area contributed by atoms with Gasteiger partial charge in [0.1, 0.15) is 10.7 Å². The Morgan fingerprint density at radius 1 is 1.23 bits per heavy atom. The molecule has 2 N–H and O–H groups in total. The first-order chi connectivity index (χ1) is 12.5. The molecule has 26 heavy (non-hydrogen) atoms. The number of nitrogens with one attached hydrogen (secondary N) is 2. The number of hydrogen-bond acceptors (Lipinski definition) is 4. The quantitative estimate of drug-likeness (QED) is 0.734. The summed E-state index contributed by atoms with van der Waals surface area (Å²) in [6.45, 7) is 2.57. The molecule has 0 aliphatic carbocycles. The third kappa shape index (κ3) is 2.81. The van der Waals surface area contributed by atoms with Gasteiger partial charge in [0.05, 0.1) is 5.69 Å². The molecule has 3 aromatic rings. The van der Waals surface area contributed by atoms with E-state index in [0.29, 0.717) is 18.8 Å². The number of carbonyl (C=O) groups excluding carboxylic acids is 1. The number of H-pyrrole nitrogens is 1. The van der Waals surface area contributed by atoms with Gasteiger partial charge in [0, 0.05) is 36.3 Å². The molecule has 7 nitrogen and oxygen atoms in total. The highest BCUT2D eigenvalue weighted by molar-refractivity contribution is 7.89. The maximum absolute atomic E-state index is 12.7. The van der Waals surface area contributed by atoms with E-state index in [1.54, 1.807) is 19.2 Å². The molecule has 1 fully saturated rings. The molecule has 0 atom stereocenters. The van der Waals surface area contributed by atoms with Gasteiger partial charge in [0.2, 0.25) is 10.0 Å². The number of aryl methyl sites for hydroxylation is 1. The van der Waals surface area contributed by atoms with Crippen LogP contribution >= 0.6 is 0 Å². The molecule has 8 heteroatoms. The van der Waals surface area contributed by atoms with Crippen molar-refractivity contribution >= 4 is 32.5 Å². The van der Waals surface area contributed by atoms with Gasteiger partial charge in [-0.2, -0.15) is 4.31 Å². The van der Waals surface area contributed by atoms with Crippen LogP contribution in [0.3, 0.4) is 0 Å². The van der Waals surface area contributed by atoms with Crippen molar-refractivity contribution in [3.05, 3.63) is 48.0 Å². The van der Waals surface area contributed by atoms with Crippen LogP contribution in [0.1, 0.15) is 29.2 Å². The third-order valence-electron chi connectivity index (χ3n) is 4.62. The number of aromatic amines is 1. The van der Waals surface area contributed by atoms with Gasteiger partial charge in [0.15, 0.2) is 5.76 Å². The lowest BCUT2D eigenvalue weighted by Crippen LogP contribution is -2.28. The van der Waals surface area contributed by atoms with Gasteiger partial charge in [-0.15, -0.1) is 0 Å². The summed E-state index contributed by atoms with van der Waals surface area (Å²) in [7, 11) is -3.63. The van der Waals surface area contributed by atoms with E-state index in [4.69, 9.17) is 4.42 Å². The van der Waals surface area contributed by atoms with Gasteiger partial charge in [-0.3, -0.25) is 4.79 Å². The number of rotatable bonds is 4. The molecule has 2 aromatic heterocycles. The number of carbonyl (C=O) groups is 1. The fraction of sp³-hybridized carbons (Fsp3) is 0.278. The summed E-state index contributed by atoms with van der Waals surface area (Å²) in [5, 5.41) is 3.66. The highest BCUT2D eigenvalue weighted by Gasteiger charge is 2.31. The normalized spacial score (nSPS) is 15.6. The first-order valence-electron chi connectivity index (χ1n) is 8.45. The van der Waals surface area contributed by atoms with Crippen LogP contribution in [0.25, 0.3) is 10.9 Å². The van der Waals surface area contributed by atoms with E-state index in [1.165, 1.54) is 10.4 Å². The lowest BCUT2D eigenvalue weighted by Gasteiger charge is -2.14. The van der Waals surface area contributed by atoms with Crippen LogP contribution in [0.2, 0.25) is 0 Å². The van der Waals surface area contributed by atoms with E-state index in [9.17, 15) is 13.2 Å². The van der Waals surface area contributed by atoms with Gasteiger partial charge in [-0.1, -0.05) is 6.07 Å². The molecule has 1 aliphatic heterocycles. The maximum atomic E-state index is 12.7. The number of amides is 1. The summed E-state index contributed by atoms with van der Waals surface area (Å²) in [5.74, 6) is -0.278. The van der Waals surface area contributed by atoms with Crippen LogP contribution in [0.4, 0.5) is 5.69 Å². The van der Waals surface area contributed by atoms with E-state index in [1.807, 2.05) is 18.2 Å². The number of nitrogens with zero attached hydrogens (tertiary/aromatic N) is 1. The van der Waals surface area contributed by atoms with Gasteiger partial charge < -0.3 is 14.7 Å². The molecule has 136 valence electrons. The zero-order valence-electron chi connectivity index (χ0n) is 14.3. The van der Waals surface area contributed by atoms with Gasteiger partial charge in [-0.25, -0.2) is 8.42 Å². The van der Waals surface area contributed by atoms with E-state index in [-0.39, 0.29) is 16.4 Å². The molecular weight excluding hydrogens is 354 g/mol. The Hall–Kier alpha value is -2.58. The highest BCUT2D eigenvalue weighted by Crippen LogP contribution is 2.28. The molecule has 0 radical (unpaired) electrons. The molecule has 4 rings (SSSR count). The zero-order valence-corrected chi connectivity index (χ0v) is 15.1. The van der Waals surface area contributed by atoms with Crippen molar-refractivity contribution in [1.29, 1.82) is 0 Å². The minimum absolute atomic E-state index is 0.0205. The smallest absolute Gasteiger partial charge is 0.291 e. The van der Waals surface area contributed by atoms with Crippen LogP contribution in [-0.4, -0.2) is 36.7 Å². The third-order valence-corrected chi connectivity index (χ3v) is 6.63. The second kappa shape index (κ2) is 6.30. The van der Waals surface area contributed by atoms with Crippen LogP contribution in [-0.2, 0) is 10.0 Å². The maximum Gasteiger partial charge on any atom is 0.291 e. The fourth-order valence-corrected chi connectivity index (χ4v) is 4.96. The fourth-order valence-electron chi connectivity index (χ4n) is 3.28. The van der Waals surface area contributed by atoms with Crippen molar-refractivity contribution in [3.63, 3.8) is 0 Å². The predicted molar refractivity (Wildman–Crippen MR) is 97.7 cm³/mol. The number of furan rings is 1. The summed E-state index contributed by atoms with van der Waals surface area (Å²) in [4.78, 5) is 15.7. The molecule has 1 aliphatic rings. The lowest BCUT2D eigenvalue weighted by molar-refractivity contribution is 0.0995. The van der Waals surface area contributed by atoms with Gasteiger partial charge >= 0.3 is 0 Å². The average molecular weight is 373 g/mol. The van der Waals surface area contributed by atoms with E-state index < -0.39 is 15.9 Å². The monoisotopic (exact) mass is 373 g/mol. The second-order valence-electron chi connectivity index (χ2n) is 6.34. The lowest BCUT2D eigenvalue weighted by atomic mass is 10.2. The molecule has 0 spiro atoms. The average Bonchev–Trinajstić information content (AvgIpc) is 3.35. The van der Waals surface area contributed by atoms with Crippen molar-refractivity contribution in [2.24, 2.45) is 0 Å². The summed E-state index contributed by atoms with van der Waals surface area (Å²) in [6.07, 6.45) is 3.49. The zero-order chi connectivity index (χ0) is 18.3. The van der Waals surface area contributed by atoms with Crippen LogP contribution < -0.4 is 5.32 Å². The first kappa shape index (κ1) is 16.9. The number of aromatic nitrogens is 1. The SMILES string of the molecule is Cc1oc(C(=O)Nc2cccc3[nH]ccc23)cc1S(=O)(=O)N1CCCC1. The van der Waals surface area contributed by atoms with Crippen LogP contribution in [0.15, 0.2) is 45.8 Å². The van der Waals surface area contributed by atoms with Crippen molar-refractivity contribution in [2.75, 3.05) is 18.4 Å². The molecular formula is C18H19N3O4S. The summed E-state index contributed by atoms with van der Waals surface area (Å²) < 4.78 is 32.3. The Labute approximate surface area is 151 Å². The minimum atomic E-state index is -3.63. The molecule has 1 saturated heterocycles. The Kier molecular flexibility index (Phi) is 4.08. The van der Waals surface area contributed by atoms with E-state index in [2.05, 4.69) is 10.3 Å². The molecule has 0 saturated carbocycles. The standard InChI is InChI=1S/C18H19N3O4S/c1-12-17(26(23,24)21-9-2-3-10-21)11-16(25-12)18(22)20-15-6-4-5-14-13(15)7-8-19-14/h4-8,11,19H,2-3,9-10H2,1H3,(H,20,22). The molecule has 0 bridgehead atoms. The first-order valence-corrected chi connectivity index (χ1v) is 9.89. The molecule has 1 aromatic carbocycles. The Morgan fingerprint density at radius 3 is 2.77 bits per heavy atom. The van der Waals surface area contributed by atoms with Crippen LogP contribution in [0, 0.1) is 6.92 Å². The van der Waals surface area contributed by atoms with Gasteiger partial charge in [-0.05, 0) is 38.0 Å². The van der Waals surface area contributed by atoms with Gasteiger partial charge in [0.25, 0.3) is 5.91 Å². The number of anilines is 1. The Morgan fingerprint density at radius 2 is 2.00 bits per heavy atom. The van der Waals surface area contributed by atoms with Crippen LogP contribution in [0.5, 0.6) is 0 Å². The highest BCUT2D eigenvalue weighted by atomic mass is 32.2. The largest absolute Gasteiger partial charge is 0.455 e. The minimum Gasteiger partial charge on any atom is -0.455 e. The molecule has 1 amide bonds. The van der Waals surface area contributed by atoms with Crippen molar-refractivity contribution in [1.82, 2.24) is 9.29 Å². The van der Waals surface area contributed by atoms with E-state index >= 15 is 0 Å². The topological polar surface area (TPSA) is 95.4 Å².